The van der Waals surface area contributed by atoms with Gasteiger partial charge in [0.1, 0.15) is 5.78 Å². The molecular weight excluding hydrogens is 254 g/mol. The molecular formula is C12H14BrNO. The van der Waals surface area contributed by atoms with Crippen molar-refractivity contribution in [1.29, 1.82) is 0 Å². The lowest BCUT2D eigenvalue weighted by atomic mass is 9.96. The monoisotopic (exact) mass is 267 g/mol. The molecule has 0 saturated heterocycles. The van der Waals surface area contributed by atoms with E-state index in [2.05, 4.69) is 33.9 Å². The lowest BCUT2D eigenvalue weighted by molar-refractivity contribution is -0.117. The van der Waals surface area contributed by atoms with Crippen LogP contribution in [0.15, 0.2) is 22.7 Å². The van der Waals surface area contributed by atoms with E-state index >= 15 is 0 Å². The molecule has 3 heteroatoms. The number of hydrogen-bond donors (Lipinski definition) is 0. The van der Waals surface area contributed by atoms with E-state index < -0.39 is 0 Å². The summed E-state index contributed by atoms with van der Waals surface area (Å²) in [6.45, 7) is 2.60. The topological polar surface area (TPSA) is 20.3 Å². The highest BCUT2D eigenvalue weighted by atomic mass is 79.9. The molecule has 0 saturated carbocycles. The number of hydrogen-bond acceptors (Lipinski definition) is 2. The van der Waals surface area contributed by atoms with Gasteiger partial charge < -0.3 is 9.69 Å². The molecule has 1 aromatic rings. The number of likely N-dealkylation sites (N-methyl/N-ethyl adjacent to an activating group) is 1. The molecule has 2 rings (SSSR count). The average molecular weight is 268 g/mol. The van der Waals surface area contributed by atoms with Gasteiger partial charge in [0.2, 0.25) is 0 Å². The molecule has 0 aliphatic carbocycles. The normalized spacial score (nSPS) is 19.1. The van der Waals surface area contributed by atoms with Crippen LogP contribution < -0.4 is 4.90 Å². The molecule has 1 atom stereocenters. The summed E-state index contributed by atoms with van der Waals surface area (Å²) >= 11 is 3.57. The first-order valence-corrected chi connectivity index (χ1v) is 5.88. The van der Waals surface area contributed by atoms with Crippen molar-refractivity contribution >= 4 is 27.4 Å². The predicted octanol–water partition coefficient (Wildman–Crippen LogP) is 2.96. The Hall–Kier alpha value is -0.830. The number of carbonyl (C=O) groups is 1. The van der Waals surface area contributed by atoms with Crippen molar-refractivity contribution in [2.45, 2.75) is 19.3 Å². The van der Waals surface area contributed by atoms with Crippen molar-refractivity contribution in [2.24, 2.45) is 0 Å². The Morgan fingerprint density at radius 3 is 3.00 bits per heavy atom. The summed E-state index contributed by atoms with van der Waals surface area (Å²) in [6.07, 6.45) is 0.639. The summed E-state index contributed by atoms with van der Waals surface area (Å²) in [5.41, 5.74) is 2.53. The SMILES string of the molecule is CC(=O)CC1CN(C)c2cccc(Br)c21. The van der Waals surface area contributed by atoms with Crippen LogP contribution in [0.3, 0.4) is 0 Å². The third kappa shape index (κ3) is 1.93. The Morgan fingerprint density at radius 2 is 2.33 bits per heavy atom. The third-order valence-corrected chi connectivity index (χ3v) is 3.57. The molecule has 0 radical (unpaired) electrons. The summed E-state index contributed by atoms with van der Waals surface area (Å²) in [7, 11) is 2.07. The van der Waals surface area contributed by atoms with Gasteiger partial charge in [0.15, 0.2) is 0 Å². The standard InChI is InChI=1S/C12H14BrNO/c1-8(15)6-9-7-14(2)11-5-3-4-10(13)12(9)11/h3-5,9H,6-7H2,1-2H3. The minimum atomic E-state index is 0.261. The Kier molecular flexibility index (Phi) is 2.83. The number of fused-ring (bicyclic) bond motifs is 1. The van der Waals surface area contributed by atoms with Crippen molar-refractivity contribution in [3.05, 3.63) is 28.2 Å². The first kappa shape index (κ1) is 10.7. The fourth-order valence-electron chi connectivity index (χ4n) is 2.30. The maximum atomic E-state index is 11.2. The highest BCUT2D eigenvalue weighted by Gasteiger charge is 2.28. The van der Waals surface area contributed by atoms with Gasteiger partial charge in [-0.05, 0) is 24.6 Å². The molecule has 1 aliphatic rings. The lowest BCUT2D eigenvalue weighted by Gasteiger charge is -2.11. The molecule has 15 heavy (non-hydrogen) atoms. The highest BCUT2D eigenvalue weighted by Crippen LogP contribution is 2.41. The first-order chi connectivity index (χ1) is 7.09. The van der Waals surface area contributed by atoms with Gasteiger partial charge in [-0.25, -0.2) is 0 Å². The van der Waals surface area contributed by atoms with Gasteiger partial charge in [0, 0.05) is 36.1 Å². The minimum absolute atomic E-state index is 0.261. The summed E-state index contributed by atoms with van der Waals surface area (Å²) < 4.78 is 1.12. The number of Topliss-reactive ketones (excluding diaryl/α,β-unsaturated/α-hetero) is 1. The average Bonchev–Trinajstić information content (AvgIpc) is 2.44. The van der Waals surface area contributed by atoms with Crippen molar-refractivity contribution < 1.29 is 4.79 Å². The molecule has 1 heterocycles. The van der Waals surface area contributed by atoms with Gasteiger partial charge in [-0.2, -0.15) is 0 Å². The number of halogens is 1. The third-order valence-electron chi connectivity index (χ3n) is 2.88. The predicted molar refractivity (Wildman–Crippen MR) is 65.5 cm³/mol. The number of rotatable bonds is 2. The first-order valence-electron chi connectivity index (χ1n) is 5.08. The van der Waals surface area contributed by atoms with Crippen molar-refractivity contribution in [2.75, 3.05) is 18.5 Å². The fourth-order valence-corrected chi connectivity index (χ4v) is 2.98. The molecule has 80 valence electrons. The van der Waals surface area contributed by atoms with Crippen LogP contribution in [0.1, 0.15) is 24.8 Å². The molecule has 1 aromatic carbocycles. The molecule has 1 aliphatic heterocycles. The zero-order chi connectivity index (χ0) is 11.0. The second-order valence-electron chi connectivity index (χ2n) is 4.16. The summed E-state index contributed by atoms with van der Waals surface area (Å²) in [4.78, 5) is 13.4. The van der Waals surface area contributed by atoms with Crippen LogP contribution in [-0.2, 0) is 4.79 Å². The van der Waals surface area contributed by atoms with E-state index in [4.69, 9.17) is 0 Å². The van der Waals surface area contributed by atoms with Crippen molar-refractivity contribution in [3.8, 4) is 0 Å². The van der Waals surface area contributed by atoms with E-state index in [0.29, 0.717) is 12.3 Å². The summed E-state index contributed by atoms with van der Waals surface area (Å²) in [5.74, 6) is 0.607. The molecule has 0 spiro atoms. The molecule has 0 aromatic heterocycles. The van der Waals surface area contributed by atoms with Gasteiger partial charge in [-0.15, -0.1) is 0 Å². The second-order valence-corrected chi connectivity index (χ2v) is 5.01. The van der Waals surface area contributed by atoms with Crippen LogP contribution in [-0.4, -0.2) is 19.4 Å². The number of carbonyl (C=O) groups excluding carboxylic acids is 1. The molecule has 2 nitrogen and oxygen atoms in total. The summed E-state index contributed by atoms with van der Waals surface area (Å²) in [6, 6.07) is 6.20. The van der Waals surface area contributed by atoms with Crippen LogP contribution in [0.4, 0.5) is 5.69 Å². The van der Waals surface area contributed by atoms with Crippen LogP contribution >= 0.6 is 15.9 Å². The molecule has 0 amide bonds. The van der Waals surface area contributed by atoms with Gasteiger partial charge in [0.25, 0.3) is 0 Å². The Labute approximate surface area is 98.4 Å². The highest BCUT2D eigenvalue weighted by molar-refractivity contribution is 9.10. The van der Waals surface area contributed by atoms with Gasteiger partial charge in [-0.3, -0.25) is 0 Å². The van der Waals surface area contributed by atoms with Gasteiger partial charge >= 0.3 is 0 Å². The van der Waals surface area contributed by atoms with Crippen LogP contribution in [0, 0.1) is 0 Å². The second kappa shape index (κ2) is 3.97. The van der Waals surface area contributed by atoms with Crippen LogP contribution in [0.25, 0.3) is 0 Å². The van der Waals surface area contributed by atoms with Crippen molar-refractivity contribution in [3.63, 3.8) is 0 Å². The minimum Gasteiger partial charge on any atom is -0.374 e. The maximum Gasteiger partial charge on any atom is 0.130 e. The Bertz CT molecular complexity index is 403. The molecule has 0 bridgehead atoms. The number of benzene rings is 1. The van der Waals surface area contributed by atoms with E-state index in [9.17, 15) is 4.79 Å². The molecule has 0 N–H and O–H groups in total. The smallest absolute Gasteiger partial charge is 0.130 e. The van der Waals surface area contributed by atoms with E-state index in [1.807, 2.05) is 12.1 Å². The van der Waals surface area contributed by atoms with Crippen LogP contribution in [0.2, 0.25) is 0 Å². The Morgan fingerprint density at radius 1 is 1.60 bits per heavy atom. The lowest BCUT2D eigenvalue weighted by Crippen LogP contribution is -2.16. The quantitative estimate of drug-likeness (QED) is 0.821. The number of nitrogens with zero attached hydrogens (tertiary/aromatic N) is 1. The number of anilines is 1. The zero-order valence-electron chi connectivity index (χ0n) is 8.96. The maximum absolute atomic E-state index is 11.2. The van der Waals surface area contributed by atoms with E-state index in [1.165, 1.54) is 11.3 Å². The van der Waals surface area contributed by atoms with Crippen LogP contribution in [0.5, 0.6) is 0 Å². The zero-order valence-corrected chi connectivity index (χ0v) is 10.5. The van der Waals surface area contributed by atoms with E-state index in [-0.39, 0.29) is 5.78 Å². The van der Waals surface area contributed by atoms with Crippen molar-refractivity contribution in [1.82, 2.24) is 0 Å². The molecule has 1 unspecified atom stereocenters. The van der Waals surface area contributed by atoms with Gasteiger partial charge in [-0.1, -0.05) is 22.0 Å². The fraction of sp³-hybridized carbons (Fsp3) is 0.417. The van der Waals surface area contributed by atoms with E-state index in [1.54, 1.807) is 6.92 Å². The number of ketones is 1. The van der Waals surface area contributed by atoms with Gasteiger partial charge in [0.05, 0.1) is 0 Å². The van der Waals surface area contributed by atoms with E-state index in [0.717, 1.165) is 11.0 Å². The molecule has 0 fully saturated rings. The Balaban J connectivity index is 2.39. The summed E-state index contributed by atoms with van der Waals surface area (Å²) in [5, 5.41) is 0. The largest absolute Gasteiger partial charge is 0.374 e.